The van der Waals surface area contributed by atoms with Gasteiger partial charge in [0.05, 0.1) is 0 Å². The molecule has 0 fully saturated rings. The molecule has 4 N–H and O–H groups in total. The average molecular weight is 373 g/mol. The van der Waals surface area contributed by atoms with Crippen LogP contribution in [-0.4, -0.2) is 22.6 Å². The number of aliphatic imine (C=N–C) groups is 2. The van der Waals surface area contributed by atoms with E-state index in [9.17, 15) is 0 Å². The summed E-state index contributed by atoms with van der Waals surface area (Å²) in [4.78, 5) is 13.8. The zero-order chi connectivity index (χ0) is 14.0. The summed E-state index contributed by atoms with van der Waals surface area (Å²) in [6.07, 6.45) is 0. The third-order valence-corrected chi connectivity index (χ3v) is 3.24. The van der Waals surface area contributed by atoms with E-state index in [0.717, 1.165) is 9.13 Å². The number of hydroxylamine groups is 2. The van der Waals surface area contributed by atoms with E-state index in [0.29, 0.717) is 6.61 Å². The summed E-state index contributed by atoms with van der Waals surface area (Å²) in [5.74, 6) is 0.375. The fourth-order valence-corrected chi connectivity index (χ4v) is 2.39. The first kappa shape index (κ1) is 14.1. The zero-order valence-corrected chi connectivity index (χ0v) is 13.0. The topological polar surface area (TPSA) is 89.2 Å². The number of benzene rings is 1. The van der Waals surface area contributed by atoms with Crippen LogP contribution in [0.5, 0.6) is 0 Å². The van der Waals surface area contributed by atoms with Crippen LogP contribution in [0, 0.1) is 3.57 Å². The average Bonchev–Trinajstić information content (AvgIpc) is 2.26. The van der Waals surface area contributed by atoms with E-state index < -0.39 is 5.66 Å². The lowest BCUT2D eigenvalue weighted by atomic mass is 10.2. The minimum Gasteiger partial charge on any atom is -0.368 e. The summed E-state index contributed by atoms with van der Waals surface area (Å²) < 4.78 is 1.15. The third kappa shape index (κ3) is 3.35. The van der Waals surface area contributed by atoms with E-state index in [1.807, 2.05) is 38.1 Å². The first-order valence-electron chi connectivity index (χ1n) is 5.75. The van der Waals surface area contributed by atoms with E-state index >= 15 is 0 Å². The van der Waals surface area contributed by atoms with Gasteiger partial charge in [0.15, 0.2) is 5.66 Å². The molecule has 1 heterocycles. The molecule has 0 bridgehead atoms. The van der Waals surface area contributed by atoms with Gasteiger partial charge in [-0.3, -0.25) is 4.84 Å². The molecular formula is C12H16IN5O. The normalized spacial score (nSPS) is 17.9. The largest absolute Gasteiger partial charge is 0.368 e. The van der Waals surface area contributed by atoms with Gasteiger partial charge in [0.1, 0.15) is 6.61 Å². The van der Waals surface area contributed by atoms with Gasteiger partial charge < -0.3 is 11.5 Å². The minimum atomic E-state index is -0.669. The molecule has 0 radical (unpaired) electrons. The molecule has 0 amide bonds. The zero-order valence-electron chi connectivity index (χ0n) is 10.8. The van der Waals surface area contributed by atoms with Gasteiger partial charge in [-0.15, -0.1) is 0 Å². The Morgan fingerprint density at radius 3 is 2.74 bits per heavy atom. The number of hydrogen-bond donors (Lipinski definition) is 2. The molecular weight excluding hydrogens is 357 g/mol. The summed E-state index contributed by atoms with van der Waals surface area (Å²) in [7, 11) is 0. The van der Waals surface area contributed by atoms with E-state index in [1.165, 1.54) is 5.06 Å². The molecule has 0 aliphatic carbocycles. The Balaban J connectivity index is 2.09. The van der Waals surface area contributed by atoms with Gasteiger partial charge in [0.2, 0.25) is 11.9 Å². The highest BCUT2D eigenvalue weighted by Crippen LogP contribution is 2.21. The summed E-state index contributed by atoms with van der Waals surface area (Å²) in [6, 6.07) is 8.04. The first-order chi connectivity index (χ1) is 8.88. The maximum Gasteiger partial charge on any atom is 0.226 e. The molecule has 1 aliphatic rings. The summed E-state index contributed by atoms with van der Waals surface area (Å²) >= 11 is 2.26. The monoisotopic (exact) mass is 373 g/mol. The van der Waals surface area contributed by atoms with Crippen molar-refractivity contribution in [1.29, 1.82) is 0 Å². The second kappa shape index (κ2) is 5.33. The molecule has 0 spiro atoms. The second-order valence-electron chi connectivity index (χ2n) is 4.63. The number of halogens is 1. The minimum absolute atomic E-state index is 0.164. The van der Waals surface area contributed by atoms with Crippen LogP contribution in [0.1, 0.15) is 19.4 Å². The van der Waals surface area contributed by atoms with Crippen molar-refractivity contribution < 1.29 is 4.84 Å². The number of guanidine groups is 2. The highest BCUT2D eigenvalue weighted by molar-refractivity contribution is 14.1. The molecule has 2 rings (SSSR count). The molecule has 0 saturated heterocycles. The smallest absolute Gasteiger partial charge is 0.226 e. The van der Waals surface area contributed by atoms with Crippen LogP contribution >= 0.6 is 22.6 Å². The van der Waals surface area contributed by atoms with Crippen molar-refractivity contribution in [3.8, 4) is 0 Å². The summed E-state index contributed by atoms with van der Waals surface area (Å²) in [5.41, 5.74) is 11.8. The quantitative estimate of drug-likeness (QED) is 0.784. The fraction of sp³-hybridized carbons (Fsp3) is 0.333. The van der Waals surface area contributed by atoms with Crippen LogP contribution in [-0.2, 0) is 11.4 Å². The van der Waals surface area contributed by atoms with Crippen molar-refractivity contribution in [2.45, 2.75) is 26.1 Å². The molecule has 0 unspecified atom stereocenters. The standard InChI is InChI=1S/C12H16IN5O/c1-12(2)17-10(14)16-11(15)18(12)19-7-8-4-3-5-9(13)6-8/h3-6H,7H2,1-2H3,(H4,14,15,16,17). The Labute approximate surface area is 125 Å². The molecule has 19 heavy (non-hydrogen) atoms. The number of nitrogens with two attached hydrogens (primary N) is 2. The van der Waals surface area contributed by atoms with Gasteiger partial charge >= 0.3 is 0 Å². The van der Waals surface area contributed by atoms with Gasteiger partial charge in [-0.25, -0.2) is 4.99 Å². The Morgan fingerprint density at radius 1 is 1.37 bits per heavy atom. The SMILES string of the molecule is CC1(C)N=C(N)N=C(N)N1OCc1cccc(I)c1. The van der Waals surface area contributed by atoms with Crippen molar-refractivity contribution in [3.05, 3.63) is 33.4 Å². The fourth-order valence-electron chi connectivity index (χ4n) is 1.78. The maximum absolute atomic E-state index is 5.83. The Kier molecular flexibility index (Phi) is 3.95. The molecule has 0 saturated carbocycles. The van der Waals surface area contributed by atoms with Crippen LogP contribution in [0.25, 0.3) is 0 Å². The van der Waals surface area contributed by atoms with E-state index in [-0.39, 0.29) is 11.9 Å². The highest BCUT2D eigenvalue weighted by atomic mass is 127. The summed E-state index contributed by atoms with van der Waals surface area (Å²) in [5, 5.41) is 1.48. The van der Waals surface area contributed by atoms with Crippen LogP contribution in [0.15, 0.2) is 34.3 Å². The van der Waals surface area contributed by atoms with Crippen LogP contribution < -0.4 is 11.5 Å². The maximum atomic E-state index is 5.83. The molecule has 1 aromatic carbocycles. The van der Waals surface area contributed by atoms with Crippen molar-refractivity contribution in [1.82, 2.24) is 5.06 Å². The van der Waals surface area contributed by atoms with Gasteiger partial charge in [-0.1, -0.05) is 12.1 Å². The lowest BCUT2D eigenvalue weighted by molar-refractivity contribution is -0.166. The number of nitrogens with zero attached hydrogens (tertiary/aromatic N) is 3. The highest BCUT2D eigenvalue weighted by Gasteiger charge is 2.33. The first-order valence-corrected chi connectivity index (χ1v) is 6.83. The van der Waals surface area contributed by atoms with Crippen molar-refractivity contribution >= 4 is 34.5 Å². The number of rotatable bonds is 3. The molecule has 6 nitrogen and oxygen atoms in total. The Morgan fingerprint density at radius 2 is 2.11 bits per heavy atom. The molecule has 0 aromatic heterocycles. The van der Waals surface area contributed by atoms with Crippen LogP contribution in [0.4, 0.5) is 0 Å². The van der Waals surface area contributed by atoms with Gasteiger partial charge in [-0.05, 0) is 54.1 Å². The lowest BCUT2D eigenvalue weighted by Gasteiger charge is -2.36. The molecule has 1 aromatic rings. The van der Waals surface area contributed by atoms with Gasteiger partial charge in [0.25, 0.3) is 0 Å². The Hall–Kier alpha value is -1.35. The van der Waals surface area contributed by atoms with Gasteiger partial charge in [-0.2, -0.15) is 10.1 Å². The van der Waals surface area contributed by atoms with Crippen molar-refractivity contribution in [3.63, 3.8) is 0 Å². The summed E-state index contributed by atoms with van der Waals surface area (Å²) in [6.45, 7) is 4.11. The van der Waals surface area contributed by atoms with Crippen LogP contribution in [0.2, 0.25) is 0 Å². The van der Waals surface area contributed by atoms with Crippen molar-refractivity contribution in [2.75, 3.05) is 0 Å². The third-order valence-electron chi connectivity index (χ3n) is 2.57. The number of hydrogen-bond acceptors (Lipinski definition) is 6. The Bertz CT molecular complexity index is 541. The van der Waals surface area contributed by atoms with Crippen LogP contribution in [0.3, 0.4) is 0 Å². The molecule has 102 valence electrons. The van der Waals surface area contributed by atoms with E-state index in [1.54, 1.807) is 0 Å². The molecule has 1 aliphatic heterocycles. The second-order valence-corrected chi connectivity index (χ2v) is 5.88. The van der Waals surface area contributed by atoms with E-state index in [4.69, 9.17) is 16.3 Å². The van der Waals surface area contributed by atoms with Gasteiger partial charge in [0, 0.05) is 3.57 Å². The molecule has 7 heteroatoms. The lowest BCUT2D eigenvalue weighted by Crippen LogP contribution is -2.53. The van der Waals surface area contributed by atoms with E-state index in [2.05, 4.69) is 32.6 Å². The van der Waals surface area contributed by atoms with Crippen molar-refractivity contribution in [2.24, 2.45) is 21.5 Å². The predicted octanol–water partition coefficient (Wildman–Crippen LogP) is 1.40. The predicted molar refractivity (Wildman–Crippen MR) is 83.1 cm³/mol. The molecule has 0 atom stereocenters.